The highest BCUT2D eigenvalue weighted by molar-refractivity contribution is 7.92. The Hall–Kier alpha value is -4.14. The summed E-state index contributed by atoms with van der Waals surface area (Å²) < 4.78 is 29.6. The molecule has 1 atom stereocenters. The van der Waals surface area contributed by atoms with Gasteiger partial charge < -0.3 is 10.2 Å². The van der Waals surface area contributed by atoms with Gasteiger partial charge in [-0.25, -0.2) is 8.42 Å². The van der Waals surface area contributed by atoms with E-state index in [0.717, 1.165) is 21.0 Å². The van der Waals surface area contributed by atoms with Crippen LogP contribution in [0.3, 0.4) is 0 Å². The number of anilines is 1. The third-order valence-electron chi connectivity index (χ3n) is 7.45. The van der Waals surface area contributed by atoms with Crippen LogP contribution in [0.1, 0.15) is 36.1 Å². The molecule has 7 nitrogen and oxygen atoms in total. The Kier molecular flexibility index (Phi) is 11.2. The zero-order chi connectivity index (χ0) is 31.7. The molecule has 0 saturated heterocycles. The molecule has 230 valence electrons. The molecule has 0 bridgehead atoms. The second-order valence-electron chi connectivity index (χ2n) is 10.5. The Labute approximate surface area is 265 Å². The SMILES string of the molecule is CCNC(=O)[C@H](Cc1ccccc1)N(Cc1ccccc1Cl)C(=O)CN(c1ccccc1CC)S(=O)(=O)c1ccc(C)cc1. The average molecular weight is 632 g/mol. The highest BCUT2D eigenvalue weighted by Gasteiger charge is 2.35. The summed E-state index contributed by atoms with van der Waals surface area (Å²) in [5, 5.41) is 3.31. The van der Waals surface area contributed by atoms with Gasteiger partial charge in [-0.2, -0.15) is 0 Å². The molecule has 0 spiro atoms. The van der Waals surface area contributed by atoms with E-state index in [9.17, 15) is 18.0 Å². The maximum absolute atomic E-state index is 14.5. The maximum atomic E-state index is 14.5. The van der Waals surface area contributed by atoms with Crippen LogP contribution in [0.15, 0.2) is 108 Å². The van der Waals surface area contributed by atoms with Crippen molar-refractivity contribution in [1.29, 1.82) is 0 Å². The van der Waals surface area contributed by atoms with Crippen LogP contribution in [0.25, 0.3) is 0 Å². The number of hydrogen-bond donors (Lipinski definition) is 1. The molecule has 0 radical (unpaired) electrons. The zero-order valence-corrected chi connectivity index (χ0v) is 26.8. The Morgan fingerprint density at radius 2 is 1.43 bits per heavy atom. The summed E-state index contributed by atoms with van der Waals surface area (Å²) in [6.45, 7) is 5.51. The van der Waals surface area contributed by atoms with Gasteiger partial charge in [-0.05, 0) is 61.2 Å². The number of carbonyl (C=O) groups excluding carboxylic acids is 2. The molecule has 0 saturated carbocycles. The third-order valence-corrected chi connectivity index (χ3v) is 9.59. The van der Waals surface area contributed by atoms with Gasteiger partial charge in [-0.15, -0.1) is 0 Å². The average Bonchev–Trinajstić information content (AvgIpc) is 3.03. The largest absolute Gasteiger partial charge is 0.355 e. The van der Waals surface area contributed by atoms with Gasteiger partial charge in [0.15, 0.2) is 0 Å². The number of para-hydroxylation sites is 1. The molecule has 0 aliphatic carbocycles. The molecule has 9 heteroatoms. The first kappa shape index (κ1) is 32.8. The van der Waals surface area contributed by atoms with E-state index in [1.807, 2.05) is 69.3 Å². The molecule has 0 aliphatic rings. The monoisotopic (exact) mass is 631 g/mol. The van der Waals surface area contributed by atoms with E-state index in [0.29, 0.717) is 29.2 Å². The molecule has 4 rings (SSSR count). The molecule has 1 N–H and O–H groups in total. The molecule has 2 amide bonds. The highest BCUT2D eigenvalue weighted by Crippen LogP contribution is 2.29. The lowest BCUT2D eigenvalue weighted by atomic mass is 10.0. The van der Waals surface area contributed by atoms with Crippen LogP contribution in [0.2, 0.25) is 5.02 Å². The predicted octanol–water partition coefficient (Wildman–Crippen LogP) is 6.18. The van der Waals surface area contributed by atoms with Crippen molar-refractivity contribution in [2.45, 2.75) is 51.1 Å². The molecule has 44 heavy (non-hydrogen) atoms. The first-order valence-electron chi connectivity index (χ1n) is 14.7. The van der Waals surface area contributed by atoms with Gasteiger partial charge in [0.1, 0.15) is 12.6 Å². The lowest BCUT2D eigenvalue weighted by Gasteiger charge is -2.34. The number of likely N-dealkylation sites (N-methyl/N-ethyl adjacent to an activating group) is 1. The summed E-state index contributed by atoms with van der Waals surface area (Å²) >= 11 is 6.54. The first-order valence-corrected chi connectivity index (χ1v) is 16.5. The summed E-state index contributed by atoms with van der Waals surface area (Å²) in [6.07, 6.45) is 0.794. The fourth-order valence-corrected chi connectivity index (χ4v) is 6.71. The number of hydrogen-bond acceptors (Lipinski definition) is 4. The lowest BCUT2D eigenvalue weighted by molar-refractivity contribution is -0.140. The van der Waals surface area contributed by atoms with Crippen molar-refractivity contribution < 1.29 is 18.0 Å². The molecule has 0 aromatic heterocycles. The second kappa shape index (κ2) is 15.0. The smallest absolute Gasteiger partial charge is 0.264 e. The summed E-state index contributed by atoms with van der Waals surface area (Å²) in [4.78, 5) is 29.6. The molecule has 4 aromatic carbocycles. The van der Waals surface area contributed by atoms with Crippen LogP contribution in [0.5, 0.6) is 0 Å². The van der Waals surface area contributed by atoms with E-state index in [1.54, 1.807) is 54.6 Å². The topological polar surface area (TPSA) is 86.8 Å². The fraction of sp³-hybridized carbons (Fsp3) is 0.257. The van der Waals surface area contributed by atoms with Crippen LogP contribution >= 0.6 is 11.6 Å². The van der Waals surface area contributed by atoms with Gasteiger partial charge in [0.2, 0.25) is 11.8 Å². The molecule has 0 aliphatic heterocycles. The van der Waals surface area contributed by atoms with Gasteiger partial charge in [0.25, 0.3) is 10.0 Å². The number of amides is 2. The van der Waals surface area contributed by atoms with Gasteiger partial charge in [0, 0.05) is 24.5 Å². The number of nitrogens with zero attached hydrogens (tertiary/aromatic N) is 2. The molecule has 0 unspecified atom stereocenters. The number of nitrogens with one attached hydrogen (secondary N) is 1. The number of aryl methyl sites for hydroxylation is 2. The van der Waals surface area contributed by atoms with Crippen molar-refractivity contribution in [3.63, 3.8) is 0 Å². The highest BCUT2D eigenvalue weighted by atomic mass is 35.5. The number of carbonyl (C=O) groups is 2. The number of halogens is 1. The molecule has 0 heterocycles. The van der Waals surface area contributed by atoms with Crippen LogP contribution in [-0.2, 0) is 39.0 Å². The van der Waals surface area contributed by atoms with Crippen molar-refractivity contribution in [3.05, 3.63) is 130 Å². The molecular formula is C35H38ClN3O4S. The minimum Gasteiger partial charge on any atom is -0.355 e. The Morgan fingerprint density at radius 1 is 0.818 bits per heavy atom. The van der Waals surface area contributed by atoms with Crippen LogP contribution in [0, 0.1) is 6.92 Å². The summed E-state index contributed by atoms with van der Waals surface area (Å²) in [5.41, 5.74) is 3.61. The second-order valence-corrected chi connectivity index (χ2v) is 12.8. The molecule has 4 aromatic rings. The summed E-state index contributed by atoms with van der Waals surface area (Å²) in [7, 11) is -4.17. The quantitative estimate of drug-likeness (QED) is 0.191. The Bertz CT molecular complexity index is 1680. The van der Waals surface area contributed by atoms with Gasteiger partial charge in [-0.3, -0.25) is 13.9 Å². The van der Waals surface area contributed by atoms with Gasteiger partial charge in [0.05, 0.1) is 10.6 Å². The standard InChI is InChI=1S/C35H38ClN3O4S/c1-4-28-15-10-12-18-32(28)39(44(42,43)30-21-19-26(3)20-22-30)25-34(40)38(24-29-16-9-11-17-31(29)36)33(35(41)37-5-2)23-27-13-7-6-8-14-27/h6-22,33H,4-5,23-25H2,1-3H3,(H,37,41)/t33-/m0/s1. The normalized spacial score (nSPS) is 11.9. The zero-order valence-electron chi connectivity index (χ0n) is 25.2. The summed E-state index contributed by atoms with van der Waals surface area (Å²) in [6, 6.07) is 29.4. The van der Waals surface area contributed by atoms with Crippen LogP contribution < -0.4 is 9.62 Å². The van der Waals surface area contributed by atoms with Crippen molar-refractivity contribution in [2.24, 2.45) is 0 Å². The van der Waals surface area contributed by atoms with E-state index in [2.05, 4.69) is 5.32 Å². The minimum absolute atomic E-state index is 0.0149. The van der Waals surface area contributed by atoms with E-state index in [-0.39, 0.29) is 23.8 Å². The Balaban J connectivity index is 1.83. The number of sulfonamides is 1. The fourth-order valence-electron chi connectivity index (χ4n) is 5.06. The van der Waals surface area contributed by atoms with Gasteiger partial charge in [-0.1, -0.05) is 103 Å². The number of rotatable bonds is 13. The van der Waals surface area contributed by atoms with Crippen molar-refractivity contribution in [2.75, 3.05) is 17.4 Å². The first-order chi connectivity index (χ1) is 21.1. The van der Waals surface area contributed by atoms with Crippen LogP contribution in [0.4, 0.5) is 5.69 Å². The predicted molar refractivity (Wildman–Crippen MR) is 176 cm³/mol. The van der Waals surface area contributed by atoms with Crippen molar-refractivity contribution in [1.82, 2.24) is 10.2 Å². The van der Waals surface area contributed by atoms with Gasteiger partial charge >= 0.3 is 0 Å². The Morgan fingerprint density at radius 3 is 2.07 bits per heavy atom. The van der Waals surface area contributed by atoms with Crippen molar-refractivity contribution >= 4 is 39.1 Å². The van der Waals surface area contributed by atoms with E-state index >= 15 is 0 Å². The molecule has 0 fully saturated rings. The summed E-state index contributed by atoms with van der Waals surface area (Å²) in [5.74, 6) is -0.864. The van der Waals surface area contributed by atoms with Crippen LogP contribution in [-0.4, -0.2) is 44.3 Å². The number of benzene rings is 4. The minimum atomic E-state index is -4.17. The van der Waals surface area contributed by atoms with E-state index < -0.39 is 28.5 Å². The molecular weight excluding hydrogens is 594 g/mol. The maximum Gasteiger partial charge on any atom is 0.264 e. The third kappa shape index (κ3) is 7.87. The van der Waals surface area contributed by atoms with E-state index in [1.165, 1.54) is 4.90 Å². The van der Waals surface area contributed by atoms with Crippen molar-refractivity contribution in [3.8, 4) is 0 Å². The lowest BCUT2D eigenvalue weighted by Crippen LogP contribution is -2.53. The van der Waals surface area contributed by atoms with E-state index in [4.69, 9.17) is 11.6 Å².